The van der Waals surface area contributed by atoms with Gasteiger partial charge in [-0.25, -0.2) is 15.0 Å². The van der Waals surface area contributed by atoms with Crippen LogP contribution in [0.5, 0.6) is 0 Å². The zero-order valence-corrected chi connectivity index (χ0v) is 23.4. The predicted molar refractivity (Wildman–Crippen MR) is 153 cm³/mol. The standard InChI is InChI=1S/C28H28ClN7O3S/c1-17-26(30)28(15-39-17)6-9-35(10-7-28)22-12-33-23(13-32-22)40-21-5-4-19-24(25(21)29)27(38)36(16-34-19)14-20(37)18-3-2-8-31-11-18/h2-5,8,11-13,16-17,26H,6-7,9-10,14-15,30H2,1H3/t17-,26+/m0/s1. The summed E-state index contributed by atoms with van der Waals surface area (Å²) in [6, 6.07) is 6.94. The van der Waals surface area contributed by atoms with Gasteiger partial charge in [-0.2, -0.15) is 0 Å². The van der Waals surface area contributed by atoms with Gasteiger partial charge in [-0.15, -0.1) is 0 Å². The molecule has 6 rings (SSSR count). The van der Waals surface area contributed by atoms with Crippen LogP contribution in [0.3, 0.4) is 0 Å². The second-order valence-corrected chi connectivity index (χ2v) is 11.8. The summed E-state index contributed by atoms with van der Waals surface area (Å²) in [5, 5.41) is 1.16. The van der Waals surface area contributed by atoms with E-state index < -0.39 is 0 Å². The molecule has 2 saturated heterocycles. The molecule has 2 atom stereocenters. The topological polar surface area (TPSA) is 129 Å². The van der Waals surface area contributed by atoms with Crippen LogP contribution >= 0.6 is 23.4 Å². The molecule has 0 bridgehead atoms. The van der Waals surface area contributed by atoms with Crippen LogP contribution in [0.25, 0.3) is 10.9 Å². The minimum absolute atomic E-state index is 0.0471. The van der Waals surface area contributed by atoms with Crippen molar-refractivity contribution in [3.05, 3.63) is 76.3 Å². The highest BCUT2D eigenvalue weighted by Gasteiger charge is 2.47. The number of halogens is 1. The third kappa shape index (κ3) is 4.98. The number of nitrogens with two attached hydrogens (primary N) is 1. The number of nitrogens with zero attached hydrogens (tertiary/aromatic N) is 6. The maximum atomic E-state index is 13.3. The number of piperidine rings is 1. The number of benzene rings is 1. The molecule has 40 heavy (non-hydrogen) atoms. The molecule has 2 fully saturated rings. The van der Waals surface area contributed by atoms with E-state index in [-0.39, 0.29) is 45.9 Å². The minimum atomic E-state index is -0.388. The molecule has 0 unspecified atom stereocenters. The first-order valence-corrected chi connectivity index (χ1v) is 14.3. The lowest BCUT2D eigenvalue weighted by Gasteiger charge is -2.41. The molecule has 0 amide bonds. The number of ether oxygens (including phenoxy) is 1. The lowest BCUT2D eigenvalue weighted by atomic mass is 9.73. The highest BCUT2D eigenvalue weighted by molar-refractivity contribution is 7.99. The smallest absolute Gasteiger partial charge is 0.263 e. The van der Waals surface area contributed by atoms with Crippen molar-refractivity contribution < 1.29 is 9.53 Å². The Morgan fingerprint density at radius 2 is 2.00 bits per heavy atom. The lowest BCUT2D eigenvalue weighted by molar-refractivity contribution is 0.0969. The molecule has 5 heterocycles. The van der Waals surface area contributed by atoms with Crippen molar-refractivity contribution in [2.75, 3.05) is 24.6 Å². The summed E-state index contributed by atoms with van der Waals surface area (Å²) in [6.07, 6.45) is 9.92. The van der Waals surface area contributed by atoms with E-state index in [1.54, 1.807) is 42.9 Å². The van der Waals surface area contributed by atoms with E-state index >= 15 is 0 Å². The number of hydrogen-bond donors (Lipinski definition) is 1. The highest BCUT2D eigenvalue weighted by Crippen LogP contribution is 2.42. The zero-order valence-electron chi connectivity index (χ0n) is 21.9. The molecule has 10 nitrogen and oxygen atoms in total. The van der Waals surface area contributed by atoms with E-state index in [1.165, 1.54) is 28.9 Å². The Morgan fingerprint density at radius 1 is 1.18 bits per heavy atom. The number of anilines is 1. The Kier molecular flexibility index (Phi) is 7.30. The summed E-state index contributed by atoms with van der Waals surface area (Å²) in [5.74, 6) is 0.570. The van der Waals surface area contributed by atoms with E-state index in [1.807, 2.05) is 6.92 Å². The summed E-state index contributed by atoms with van der Waals surface area (Å²) in [4.78, 5) is 46.4. The second kappa shape index (κ2) is 10.9. The van der Waals surface area contributed by atoms with Gasteiger partial charge in [0, 0.05) is 47.4 Å². The fraction of sp³-hybridized carbons (Fsp3) is 0.357. The maximum Gasteiger partial charge on any atom is 0.263 e. The summed E-state index contributed by atoms with van der Waals surface area (Å²) in [6.45, 7) is 4.31. The van der Waals surface area contributed by atoms with Crippen LogP contribution in [0.1, 0.15) is 30.1 Å². The first-order valence-electron chi connectivity index (χ1n) is 13.1. The molecular weight excluding hydrogens is 550 g/mol. The van der Waals surface area contributed by atoms with E-state index in [0.29, 0.717) is 21.0 Å². The number of pyridine rings is 1. The molecule has 12 heteroatoms. The van der Waals surface area contributed by atoms with E-state index in [0.717, 1.165) is 38.4 Å². The van der Waals surface area contributed by atoms with Gasteiger partial charge in [0.25, 0.3) is 5.56 Å². The van der Waals surface area contributed by atoms with Crippen molar-refractivity contribution in [1.82, 2.24) is 24.5 Å². The van der Waals surface area contributed by atoms with Gasteiger partial charge in [-0.05, 0) is 44.0 Å². The fourth-order valence-electron chi connectivity index (χ4n) is 5.44. The van der Waals surface area contributed by atoms with Gasteiger partial charge in [0.1, 0.15) is 10.8 Å². The number of Topliss-reactive ketones (excluding diaryl/α,β-unsaturated/α-hetero) is 1. The number of hydrogen-bond acceptors (Lipinski definition) is 10. The molecule has 2 aliphatic heterocycles. The van der Waals surface area contributed by atoms with Crippen molar-refractivity contribution in [3.8, 4) is 0 Å². The molecule has 3 aromatic heterocycles. The monoisotopic (exact) mass is 577 g/mol. The van der Waals surface area contributed by atoms with Gasteiger partial charge in [0.15, 0.2) is 5.78 Å². The van der Waals surface area contributed by atoms with Crippen LogP contribution in [0, 0.1) is 5.41 Å². The van der Waals surface area contributed by atoms with Gasteiger partial charge < -0.3 is 15.4 Å². The molecule has 1 spiro atoms. The molecule has 0 saturated carbocycles. The number of carbonyl (C=O) groups excluding carboxylic acids is 1. The fourth-order valence-corrected chi connectivity index (χ4v) is 6.56. The normalized spacial score (nSPS) is 20.3. The van der Waals surface area contributed by atoms with Crippen LogP contribution in [-0.4, -0.2) is 62.1 Å². The second-order valence-electron chi connectivity index (χ2n) is 10.3. The molecule has 206 valence electrons. The van der Waals surface area contributed by atoms with Gasteiger partial charge in [-0.1, -0.05) is 23.4 Å². The average Bonchev–Trinajstić information content (AvgIpc) is 3.25. The summed E-state index contributed by atoms with van der Waals surface area (Å²) < 4.78 is 7.09. The molecule has 2 aliphatic rings. The SMILES string of the molecule is C[C@@H]1OCC2(CCN(c3cnc(Sc4ccc5ncn(CC(=O)c6cccnc6)c(=O)c5c4Cl)cn3)CC2)[C@@H]1N. The van der Waals surface area contributed by atoms with Gasteiger partial charge >= 0.3 is 0 Å². The van der Waals surface area contributed by atoms with Crippen LogP contribution in [0.15, 0.2) is 70.1 Å². The van der Waals surface area contributed by atoms with E-state index in [9.17, 15) is 9.59 Å². The van der Waals surface area contributed by atoms with Crippen molar-refractivity contribution >= 4 is 45.9 Å². The van der Waals surface area contributed by atoms with Gasteiger partial charge in [-0.3, -0.25) is 19.1 Å². The van der Waals surface area contributed by atoms with Crippen LogP contribution < -0.4 is 16.2 Å². The molecule has 4 aromatic rings. The third-order valence-corrected chi connectivity index (χ3v) is 9.44. The third-order valence-electron chi connectivity index (χ3n) is 7.95. The van der Waals surface area contributed by atoms with Crippen molar-refractivity contribution in [1.29, 1.82) is 0 Å². The number of aromatic nitrogens is 5. The van der Waals surface area contributed by atoms with Crippen molar-refractivity contribution in [2.45, 2.75) is 48.4 Å². The van der Waals surface area contributed by atoms with Crippen molar-refractivity contribution in [3.63, 3.8) is 0 Å². The molecule has 1 aromatic carbocycles. The highest BCUT2D eigenvalue weighted by atomic mass is 35.5. The molecule has 0 radical (unpaired) electrons. The molecule has 2 N–H and O–H groups in total. The van der Waals surface area contributed by atoms with Crippen LogP contribution in [0.2, 0.25) is 5.02 Å². The number of fused-ring (bicyclic) bond motifs is 1. The Bertz CT molecular complexity index is 1610. The van der Waals surface area contributed by atoms with Gasteiger partial charge in [0.05, 0.1) is 53.9 Å². The average molecular weight is 578 g/mol. The lowest BCUT2D eigenvalue weighted by Crippen LogP contribution is -2.50. The van der Waals surface area contributed by atoms with Crippen LogP contribution in [0.4, 0.5) is 5.82 Å². The number of rotatable bonds is 6. The predicted octanol–water partition coefficient (Wildman–Crippen LogP) is 3.60. The maximum absolute atomic E-state index is 13.3. The van der Waals surface area contributed by atoms with Crippen LogP contribution in [-0.2, 0) is 11.3 Å². The summed E-state index contributed by atoms with van der Waals surface area (Å²) >= 11 is 8.03. The summed E-state index contributed by atoms with van der Waals surface area (Å²) in [5.41, 5.74) is 6.98. The Balaban J connectivity index is 1.17. The Labute approximate surface area is 240 Å². The summed E-state index contributed by atoms with van der Waals surface area (Å²) in [7, 11) is 0. The number of ketones is 1. The first kappa shape index (κ1) is 26.8. The zero-order chi connectivity index (χ0) is 27.9. The quantitative estimate of drug-likeness (QED) is 0.339. The Hall–Kier alpha value is -3.38. The van der Waals surface area contributed by atoms with E-state index in [2.05, 4.69) is 24.8 Å². The van der Waals surface area contributed by atoms with Gasteiger partial charge in [0.2, 0.25) is 0 Å². The molecule has 0 aliphatic carbocycles. The minimum Gasteiger partial charge on any atom is -0.376 e. The van der Waals surface area contributed by atoms with E-state index in [4.69, 9.17) is 22.1 Å². The number of carbonyl (C=O) groups is 1. The first-order chi connectivity index (χ1) is 19.3. The molecular formula is C28H28ClN7O3S. The van der Waals surface area contributed by atoms with Crippen molar-refractivity contribution in [2.24, 2.45) is 11.1 Å². The Morgan fingerprint density at radius 3 is 2.67 bits per heavy atom. The largest absolute Gasteiger partial charge is 0.376 e.